The molecule has 0 aliphatic heterocycles. The van der Waals surface area contributed by atoms with E-state index in [1.807, 2.05) is 6.20 Å². The number of aromatic nitrogens is 2. The van der Waals surface area contributed by atoms with E-state index in [4.69, 9.17) is 0 Å². The summed E-state index contributed by atoms with van der Waals surface area (Å²) < 4.78 is 2.12. The third kappa shape index (κ3) is 3.53. The largest absolute Gasteiger partial charge is 0.311 e. The number of hydrogen-bond donors (Lipinski definition) is 1. The number of fused-ring (bicyclic) bond motifs is 1. The van der Waals surface area contributed by atoms with Crippen LogP contribution in [0.25, 0.3) is 0 Å². The summed E-state index contributed by atoms with van der Waals surface area (Å²) in [6, 6.07) is 9.05. The molecule has 0 bridgehead atoms. The molecule has 0 saturated carbocycles. The monoisotopic (exact) mass is 283 g/mol. The summed E-state index contributed by atoms with van der Waals surface area (Å²) >= 11 is 0. The van der Waals surface area contributed by atoms with Gasteiger partial charge in [-0.2, -0.15) is 5.10 Å². The van der Waals surface area contributed by atoms with Gasteiger partial charge < -0.3 is 5.32 Å². The molecule has 112 valence electrons. The maximum absolute atomic E-state index is 4.48. The molecule has 0 unspecified atom stereocenters. The van der Waals surface area contributed by atoms with Crippen molar-refractivity contribution in [1.29, 1.82) is 0 Å². The molecular formula is C18H25N3. The van der Waals surface area contributed by atoms with E-state index in [9.17, 15) is 0 Å². The van der Waals surface area contributed by atoms with Gasteiger partial charge in [0.05, 0.1) is 12.2 Å². The van der Waals surface area contributed by atoms with Crippen LogP contribution < -0.4 is 5.32 Å². The van der Waals surface area contributed by atoms with E-state index < -0.39 is 0 Å². The number of rotatable bonds is 6. The second-order valence-electron chi connectivity index (χ2n) is 6.46. The second-order valence-corrected chi connectivity index (χ2v) is 6.46. The van der Waals surface area contributed by atoms with Crippen molar-refractivity contribution in [3.05, 3.63) is 52.8 Å². The average Bonchev–Trinajstić information content (AvgIpc) is 3.07. The van der Waals surface area contributed by atoms with Crippen LogP contribution in [0.2, 0.25) is 0 Å². The third-order valence-electron chi connectivity index (χ3n) is 4.16. The predicted octanol–water partition coefficient (Wildman–Crippen LogP) is 3.17. The van der Waals surface area contributed by atoms with Crippen molar-refractivity contribution in [1.82, 2.24) is 15.1 Å². The fraction of sp³-hybridized carbons (Fsp3) is 0.500. The molecule has 0 fully saturated rings. The average molecular weight is 283 g/mol. The van der Waals surface area contributed by atoms with Gasteiger partial charge in [-0.1, -0.05) is 32.0 Å². The molecule has 3 rings (SSSR count). The fourth-order valence-corrected chi connectivity index (χ4v) is 3.04. The van der Waals surface area contributed by atoms with Crippen molar-refractivity contribution in [2.45, 2.75) is 46.2 Å². The quantitative estimate of drug-likeness (QED) is 0.882. The van der Waals surface area contributed by atoms with Crippen LogP contribution in [0.4, 0.5) is 0 Å². The molecule has 1 aromatic heterocycles. The Hall–Kier alpha value is -1.61. The van der Waals surface area contributed by atoms with Crippen LogP contribution in [-0.4, -0.2) is 16.3 Å². The summed E-state index contributed by atoms with van der Waals surface area (Å²) in [5.41, 5.74) is 5.71. The Morgan fingerprint density at radius 3 is 2.90 bits per heavy atom. The van der Waals surface area contributed by atoms with Gasteiger partial charge in [0.25, 0.3) is 0 Å². The SMILES string of the molecule is CC(C)CNCc1ccnn1Cc1ccc2c(c1)CCC2. The van der Waals surface area contributed by atoms with Crippen LogP contribution in [0.15, 0.2) is 30.5 Å². The van der Waals surface area contributed by atoms with Crippen molar-refractivity contribution in [3.63, 3.8) is 0 Å². The zero-order valence-corrected chi connectivity index (χ0v) is 13.1. The highest BCUT2D eigenvalue weighted by molar-refractivity contribution is 5.35. The van der Waals surface area contributed by atoms with E-state index in [0.29, 0.717) is 5.92 Å². The standard InChI is InChI=1S/C18H25N3/c1-14(2)11-19-12-18-8-9-20-21(18)13-15-6-7-16-4-3-5-17(16)10-15/h6-10,14,19H,3-5,11-13H2,1-2H3. The van der Waals surface area contributed by atoms with Gasteiger partial charge in [0.1, 0.15) is 0 Å². The van der Waals surface area contributed by atoms with E-state index in [1.54, 1.807) is 5.56 Å². The molecule has 21 heavy (non-hydrogen) atoms. The van der Waals surface area contributed by atoms with Crippen molar-refractivity contribution in [2.24, 2.45) is 5.92 Å². The molecule has 1 N–H and O–H groups in total. The summed E-state index contributed by atoms with van der Waals surface area (Å²) in [6.07, 6.45) is 5.71. The molecule has 0 atom stereocenters. The molecule has 1 aliphatic rings. The van der Waals surface area contributed by atoms with E-state index in [1.165, 1.54) is 36.1 Å². The highest BCUT2D eigenvalue weighted by Gasteiger charge is 2.11. The lowest BCUT2D eigenvalue weighted by molar-refractivity contribution is 0.529. The maximum Gasteiger partial charge on any atom is 0.0663 e. The number of nitrogens with one attached hydrogen (secondary N) is 1. The van der Waals surface area contributed by atoms with E-state index in [-0.39, 0.29) is 0 Å². The Labute approximate surface area is 127 Å². The van der Waals surface area contributed by atoms with Crippen LogP contribution >= 0.6 is 0 Å². The predicted molar refractivity (Wildman–Crippen MR) is 86.3 cm³/mol. The van der Waals surface area contributed by atoms with Gasteiger partial charge in [0, 0.05) is 12.7 Å². The number of hydrogen-bond acceptors (Lipinski definition) is 2. The zero-order valence-electron chi connectivity index (χ0n) is 13.1. The van der Waals surface area contributed by atoms with E-state index in [2.05, 4.69) is 53.2 Å². The second kappa shape index (κ2) is 6.44. The Kier molecular flexibility index (Phi) is 4.39. The Balaban J connectivity index is 1.66. The minimum absolute atomic E-state index is 0.679. The molecule has 3 nitrogen and oxygen atoms in total. The van der Waals surface area contributed by atoms with Gasteiger partial charge in [0.2, 0.25) is 0 Å². The van der Waals surface area contributed by atoms with Gasteiger partial charge in [0.15, 0.2) is 0 Å². The van der Waals surface area contributed by atoms with Gasteiger partial charge >= 0.3 is 0 Å². The van der Waals surface area contributed by atoms with Crippen molar-refractivity contribution < 1.29 is 0 Å². The fourth-order valence-electron chi connectivity index (χ4n) is 3.04. The first-order chi connectivity index (χ1) is 10.2. The van der Waals surface area contributed by atoms with Gasteiger partial charge in [-0.3, -0.25) is 4.68 Å². The lowest BCUT2D eigenvalue weighted by Crippen LogP contribution is -2.21. The van der Waals surface area contributed by atoms with E-state index in [0.717, 1.165) is 19.6 Å². The summed E-state index contributed by atoms with van der Waals surface area (Å²) in [4.78, 5) is 0. The first kappa shape index (κ1) is 14.3. The number of nitrogens with zero attached hydrogens (tertiary/aromatic N) is 2. The molecule has 2 aromatic rings. The van der Waals surface area contributed by atoms with Crippen molar-refractivity contribution in [3.8, 4) is 0 Å². The van der Waals surface area contributed by atoms with Gasteiger partial charge in [-0.05, 0) is 54.5 Å². The minimum Gasteiger partial charge on any atom is -0.311 e. The first-order valence-corrected chi connectivity index (χ1v) is 8.04. The molecular weight excluding hydrogens is 258 g/mol. The number of benzene rings is 1. The molecule has 0 saturated heterocycles. The summed E-state index contributed by atoms with van der Waals surface area (Å²) in [6.45, 7) is 7.27. The highest BCUT2D eigenvalue weighted by Crippen LogP contribution is 2.23. The molecule has 0 radical (unpaired) electrons. The zero-order chi connectivity index (χ0) is 14.7. The van der Waals surface area contributed by atoms with Crippen molar-refractivity contribution >= 4 is 0 Å². The Morgan fingerprint density at radius 1 is 1.19 bits per heavy atom. The molecule has 3 heteroatoms. The Bertz CT molecular complexity index is 598. The molecule has 1 aromatic carbocycles. The summed E-state index contributed by atoms with van der Waals surface area (Å²) in [7, 11) is 0. The first-order valence-electron chi connectivity index (χ1n) is 8.04. The summed E-state index contributed by atoms with van der Waals surface area (Å²) in [5, 5.41) is 7.97. The lowest BCUT2D eigenvalue weighted by atomic mass is 10.1. The van der Waals surface area contributed by atoms with E-state index >= 15 is 0 Å². The molecule has 0 amide bonds. The number of aryl methyl sites for hydroxylation is 2. The summed E-state index contributed by atoms with van der Waals surface area (Å²) in [5.74, 6) is 0.679. The van der Waals surface area contributed by atoms with Gasteiger partial charge in [-0.15, -0.1) is 0 Å². The maximum atomic E-state index is 4.48. The van der Waals surface area contributed by atoms with Crippen LogP contribution in [0.3, 0.4) is 0 Å². The van der Waals surface area contributed by atoms with Crippen LogP contribution in [0.1, 0.15) is 42.7 Å². The molecule has 0 spiro atoms. The minimum atomic E-state index is 0.679. The van der Waals surface area contributed by atoms with Crippen LogP contribution in [-0.2, 0) is 25.9 Å². The third-order valence-corrected chi connectivity index (χ3v) is 4.16. The van der Waals surface area contributed by atoms with Gasteiger partial charge in [-0.25, -0.2) is 0 Å². The lowest BCUT2D eigenvalue weighted by Gasteiger charge is -2.11. The molecule has 1 aliphatic carbocycles. The van der Waals surface area contributed by atoms with Crippen LogP contribution in [0.5, 0.6) is 0 Å². The Morgan fingerprint density at radius 2 is 2.05 bits per heavy atom. The normalized spacial score (nSPS) is 13.9. The highest BCUT2D eigenvalue weighted by atomic mass is 15.3. The van der Waals surface area contributed by atoms with Crippen LogP contribution in [0, 0.1) is 5.92 Å². The van der Waals surface area contributed by atoms with Crippen molar-refractivity contribution in [2.75, 3.05) is 6.54 Å². The smallest absolute Gasteiger partial charge is 0.0663 e. The topological polar surface area (TPSA) is 29.9 Å². The molecule has 1 heterocycles.